The van der Waals surface area contributed by atoms with Gasteiger partial charge in [-0.05, 0) is 40.4 Å². The normalized spacial score (nSPS) is 15.7. The van der Waals surface area contributed by atoms with Gasteiger partial charge in [0, 0.05) is 17.1 Å². The van der Waals surface area contributed by atoms with E-state index in [2.05, 4.69) is 40.7 Å². The van der Waals surface area contributed by atoms with E-state index in [-0.39, 0.29) is 5.91 Å². The summed E-state index contributed by atoms with van der Waals surface area (Å²) in [4.78, 5) is 14.6. The van der Waals surface area contributed by atoms with Crippen LogP contribution >= 0.6 is 15.9 Å². The predicted molar refractivity (Wildman–Crippen MR) is 82.2 cm³/mol. The summed E-state index contributed by atoms with van der Waals surface area (Å²) in [7, 11) is 0. The molecule has 1 heterocycles. The Morgan fingerprint density at radius 3 is 2.74 bits per heavy atom. The van der Waals surface area contributed by atoms with E-state index in [1.165, 1.54) is 19.3 Å². The zero-order valence-corrected chi connectivity index (χ0v) is 13.4. The SMILES string of the molecule is CCCCCC(CC)N1Cc2cccc(Br)c2C1=O. The smallest absolute Gasteiger partial charge is 0.255 e. The second-order valence-corrected chi connectivity index (χ2v) is 6.12. The van der Waals surface area contributed by atoms with Crippen molar-refractivity contribution in [3.63, 3.8) is 0 Å². The van der Waals surface area contributed by atoms with Crippen LogP contribution in [-0.2, 0) is 6.54 Å². The fourth-order valence-corrected chi connectivity index (χ4v) is 3.42. The van der Waals surface area contributed by atoms with Crippen molar-refractivity contribution < 1.29 is 4.79 Å². The minimum atomic E-state index is 0.200. The molecular formula is C16H22BrNO. The highest BCUT2D eigenvalue weighted by Gasteiger charge is 2.32. The van der Waals surface area contributed by atoms with Gasteiger partial charge in [0.2, 0.25) is 0 Å². The fourth-order valence-electron chi connectivity index (χ4n) is 2.84. The van der Waals surface area contributed by atoms with Crippen molar-refractivity contribution in [2.45, 2.75) is 58.5 Å². The average molecular weight is 324 g/mol. The van der Waals surface area contributed by atoms with Crippen LogP contribution in [-0.4, -0.2) is 16.8 Å². The Morgan fingerprint density at radius 1 is 1.32 bits per heavy atom. The molecule has 0 bridgehead atoms. The van der Waals surface area contributed by atoms with Crippen LogP contribution in [0.1, 0.15) is 61.9 Å². The molecule has 1 aromatic carbocycles. The molecule has 19 heavy (non-hydrogen) atoms. The van der Waals surface area contributed by atoms with E-state index in [0.29, 0.717) is 6.04 Å². The third kappa shape index (κ3) is 3.02. The van der Waals surface area contributed by atoms with Crippen molar-refractivity contribution in [1.82, 2.24) is 4.90 Å². The molecule has 1 unspecified atom stereocenters. The Balaban J connectivity index is 2.11. The van der Waals surface area contributed by atoms with Crippen molar-refractivity contribution in [3.05, 3.63) is 33.8 Å². The van der Waals surface area contributed by atoms with E-state index in [1.54, 1.807) is 0 Å². The van der Waals surface area contributed by atoms with Gasteiger partial charge in [0.25, 0.3) is 5.91 Å². The van der Waals surface area contributed by atoms with Gasteiger partial charge in [0.05, 0.1) is 5.56 Å². The van der Waals surface area contributed by atoms with Crippen LogP contribution < -0.4 is 0 Å². The van der Waals surface area contributed by atoms with Gasteiger partial charge >= 0.3 is 0 Å². The molecule has 1 atom stereocenters. The molecule has 1 aliphatic rings. The highest BCUT2D eigenvalue weighted by molar-refractivity contribution is 9.10. The van der Waals surface area contributed by atoms with E-state index in [4.69, 9.17) is 0 Å². The van der Waals surface area contributed by atoms with Crippen LogP contribution in [0.25, 0.3) is 0 Å². The van der Waals surface area contributed by atoms with Crippen LogP contribution in [0.5, 0.6) is 0 Å². The lowest BCUT2D eigenvalue weighted by molar-refractivity contribution is 0.0685. The van der Waals surface area contributed by atoms with Gasteiger partial charge in [0.15, 0.2) is 0 Å². The number of amides is 1. The Labute approximate surface area is 124 Å². The van der Waals surface area contributed by atoms with Gasteiger partial charge in [-0.2, -0.15) is 0 Å². The number of unbranched alkanes of at least 4 members (excludes halogenated alkanes) is 2. The number of fused-ring (bicyclic) bond motifs is 1. The van der Waals surface area contributed by atoms with Gasteiger partial charge in [-0.3, -0.25) is 4.79 Å². The van der Waals surface area contributed by atoms with Crippen molar-refractivity contribution in [3.8, 4) is 0 Å². The highest BCUT2D eigenvalue weighted by Crippen LogP contribution is 2.32. The quantitative estimate of drug-likeness (QED) is 0.691. The van der Waals surface area contributed by atoms with E-state index in [1.807, 2.05) is 12.1 Å². The number of nitrogens with zero attached hydrogens (tertiary/aromatic N) is 1. The van der Waals surface area contributed by atoms with Gasteiger partial charge in [-0.1, -0.05) is 45.2 Å². The first kappa shape index (κ1) is 14.6. The molecule has 1 amide bonds. The summed E-state index contributed by atoms with van der Waals surface area (Å²) in [5.41, 5.74) is 2.03. The Morgan fingerprint density at radius 2 is 2.11 bits per heavy atom. The molecule has 3 heteroatoms. The molecule has 0 N–H and O–H groups in total. The van der Waals surface area contributed by atoms with Crippen LogP contribution in [0.2, 0.25) is 0 Å². The van der Waals surface area contributed by atoms with Gasteiger partial charge in [-0.15, -0.1) is 0 Å². The zero-order chi connectivity index (χ0) is 13.8. The second-order valence-electron chi connectivity index (χ2n) is 5.26. The zero-order valence-electron chi connectivity index (χ0n) is 11.8. The van der Waals surface area contributed by atoms with Crippen molar-refractivity contribution in [1.29, 1.82) is 0 Å². The van der Waals surface area contributed by atoms with Gasteiger partial charge in [-0.25, -0.2) is 0 Å². The van der Waals surface area contributed by atoms with Crippen molar-refractivity contribution >= 4 is 21.8 Å². The topological polar surface area (TPSA) is 20.3 Å². The molecule has 0 spiro atoms. The molecule has 104 valence electrons. The van der Waals surface area contributed by atoms with E-state index >= 15 is 0 Å². The number of rotatable bonds is 6. The summed E-state index contributed by atoms with van der Waals surface area (Å²) in [6.07, 6.45) is 5.88. The lowest BCUT2D eigenvalue weighted by Crippen LogP contribution is -2.35. The third-order valence-electron chi connectivity index (χ3n) is 3.97. The average Bonchev–Trinajstić information content (AvgIpc) is 2.74. The largest absolute Gasteiger partial charge is 0.331 e. The number of carbonyl (C=O) groups is 1. The molecule has 0 aromatic heterocycles. The van der Waals surface area contributed by atoms with Crippen molar-refractivity contribution in [2.24, 2.45) is 0 Å². The Kier molecular flexibility index (Phi) is 5.03. The number of hydrogen-bond donors (Lipinski definition) is 0. The van der Waals surface area contributed by atoms with Gasteiger partial charge in [0.1, 0.15) is 0 Å². The molecule has 0 radical (unpaired) electrons. The molecule has 0 aliphatic carbocycles. The molecule has 0 saturated carbocycles. The highest BCUT2D eigenvalue weighted by atomic mass is 79.9. The van der Waals surface area contributed by atoms with Gasteiger partial charge < -0.3 is 4.90 Å². The number of halogens is 1. The van der Waals surface area contributed by atoms with E-state index in [0.717, 1.165) is 35.0 Å². The van der Waals surface area contributed by atoms with E-state index in [9.17, 15) is 4.79 Å². The molecule has 0 saturated heterocycles. The van der Waals surface area contributed by atoms with Crippen LogP contribution in [0.4, 0.5) is 0 Å². The minimum Gasteiger partial charge on any atom is -0.331 e. The van der Waals surface area contributed by atoms with Crippen LogP contribution in [0.15, 0.2) is 22.7 Å². The molecule has 1 aliphatic heterocycles. The molecule has 0 fully saturated rings. The fraction of sp³-hybridized carbons (Fsp3) is 0.562. The first-order valence-electron chi connectivity index (χ1n) is 7.27. The van der Waals surface area contributed by atoms with E-state index < -0.39 is 0 Å². The summed E-state index contributed by atoms with van der Waals surface area (Å²) < 4.78 is 0.931. The maximum Gasteiger partial charge on any atom is 0.255 e. The molecular weight excluding hydrogens is 302 g/mol. The molecule has 2 nitrogen and oxygen atoms in total. The minimum absolute atomic E-state index is 0.200. The summed E-state index contributed by atoms with van der Waals surface area (Å²) in [6.45, 7) is 5.18. The number of hydrogen-bond acceptors (Lipinski definition) is 1. The predicted octanol–water partition coefficient (Wildman–Crippen LogP) is 4.76. The maximum atomic E-state index is 12.5. The monoisotopic (exact) mass is 323 g/mol. The molecule has 1 aromatic rings. The first-order valence-corrected chi connectivity index (χ1v) is 8.06. The lowest BCUT2D eigenvalue weighted by Gasteiger charge is -2.27. The summed E-state index contributed by atoms with van der Waals surface area (Å²) in [5.74, 6) is 0.200. The van der Waals surface area contributed by atoms with Crippen LogP contribution in [0.3, 0.4) is 0 Å². The van der Waals surface area contributed by atoms with Crippen molar-refractivity contribution in [2.75, 3.05) is 0 Å². The third-order valence-corrected chi connectivity index (χ3v) is 4.63. The standard InChI is InChI=1S/C16H22BrNO/c1-3-5-6-9-13(4-2)18-11-12-8-7-10-14(17)15(12)16(18)19/h7-8,10,13H,3-6,9,11H2,1-2H3. The number of carbonyl (C=O) groups excluding carboxylic acids is 1. The first-order chi connectivity index (χ1) is 9.19. The summed E-state index contributed by atoms with van der Waals surface area (Å²) in [6, 6.07) is 6.42. The van der Waals surface area contributed by atoms with Crippen LogP contribution in [0, 0.1) is 0 Å². The number of benzene rings is 1. The second kappa shape index (κ2) is 6.56. The Bertz CT molecular complexity index is 458. The summed E-state index contributed by atoms with van der Waals surface area (Å²) >= 11 is 3.50. The molecule has 2 rings (SSSR count). The summed E-state index contributed by atoms with van der Waals surface area (Å²) in [5, 5.41) is 0. The maximum absolute atomic E-state index is 12.5. The Hall–Kier alpha value is -0.830. The lowest BCUT2D eigenvalue weighted by atomic mass is 10.0.